The van der Waals surface area contributed by atoms with Crippen LogP contribution in [0.25, 0.3) is 11.3 Å². The van der Waals surface area contributed by atoms with Gasteiger partial charge in [0.15, 0.2) is 0 Å². The molecule has 0 fully saturated rings. The molecule has 0 atom stereocenters. The molecule has 0 bridgehead atoms. The van der Waals surface area contributed by atoms with Crippen LogP contribution in [-0.4, -0.2) is 25.8 Å². The normalized spacial score (nSPS) is 10.4. The van der Waals surface area contributed by atoms with Crippen LogP contribution in [0.1, 0.15) is 15.9 Å². The van der Waals surface area contributed by atoms with Gasteiger partial charge in [-0.1, -0.05) is 0 Å². The van der Waals surface area contributed by atoms with Crippen LogP contribution in [0.4, 0.5) is 0 Å². The van der Waals surface area contributed by atoms with Crippen LogP contribution < -0.4 is 0 Å². The second kappa shape index (κ2) is 3.77. The molecule has 2 aromatic rings. The topological polar surface area (TPSA) is 68.0 Å². The average Bonchev–Trinajstić information content (AvgIpc) is 2.60. The van der Waals surface area contributed by atoms with E-state index in [4.69, 9.17) is 5.11 Å². The fraction of sp³-hybridized carbons (Fsp3) is 0.182. The van der Waals surface area contributed by atoms with Crippen molar-refractivity contribution in [3.8, 4) is 11.3 Å². The Morgan fingerprint density at radius 2 is 2.12 bits per heavy atom. The second-order valence-corrected chi connectivity index (χ2v) is 3.59. The van der Waals surface area contributed by atoms with Crippen molar-refractivity contribution in [2.75, 3.05) is 0 Å². The van der Waals surface area contributed by atoms with Gasteiger partial charge in [0.25, 0.3) is 0 Å². The zero-order chi connectivity index (χ0) is 11.7. The first-order chi connectivity index (χ1) is 7.59. The van der Waals surface area contributed by atoms with E-state index in [2.05, 4.69) is 10.1 Å². The van der Waals surface area contributed by atoms with Gasteiger partial charge in [-0.25, -0.2) is 4.79 Å². The minimum atomic E-state index is -0.982. The molecule has 1 N–H and O–H groups in total. The van der Waals surface area contributed by atoms with Gasteiger partial charge in [0.2, 0.25) is 0 Å². The van der Waals surface area contributed by atoms with Crippen LogP contribution in [0.3, 0.4) is 0 Å². The number of carbonyl (C=O) groups is 1. The number of carboxylic acid groups (broad SMARTS) is 1. The van der Waals surface area contributed by atoms with Crippen LogP contribution in [0, 0.1) is 6.92 Å². The standard InChI is InChI=1S/C11H11N3O2/c1-7-3-8(5-12-4-7)10-9(11(15)16)6-13-14(10)2/h3-6H,1-2H3,(H,15,16). The van der Waals surface area contributed by atoms with Gasteiger partial charge in [0.05, 0.1) is 11.9 Å². The van der Waals surface area contributed by atoms with Crippen molar-refractivity contribution < 1.29 is 9.90 Å². The van der Waals surface area contributed by atoms with E-state index in [9.17, 15) is 4.79 Å². The van der Waals surface area contributed by atoms with Crippen LogP contribution in [-0.2, 0) is 7.05 Å². The van der Waals surface area contributed by atoms with Gasteiger partial charge in [-0.15, -0.1) is 0 Å². The molecule has 0 unspecified atom stereocenters. The van der Waals surface area contributed by atoms with Crippen molar-refractivity contribution >= 4 is 5.97 Å². The van der Waals surface area contributed by atoms with Crippen LogP contribution >= 0.6 is 0 Å². The number of pyridine rings is 1. The Morgan fingerprint density at radius 1 is 1.38 bits per heavy atom. The summed E-state index contributed by atoms with van der Waals surface area (Å²) in [6.07, 6.45) is 4.71. The molecule has 0 aliphatic heterocycles. The Hall–Kier alpha value is -2.17. The lowest BCUT2D eigenvalue weighted by molar-refractivity contribution is 0.0697. The number of rotatable bonds is 2. The summed E-state index contributed by atoms with van der Waals surface area (Å²) < 4.78 is 1.54. The molecule has 2 aromatic heterocycles. The molecular formula is C11H11N3O2. The molecule has 82 valence electrons. The highest BCUT2D eigenvalue weighted by molar-refractivity contribution is 5.94. The highest BCUT2D eigenvalue weighted by atomic mass is 16.4. The smallest absolute Gasteiger partial charge is 0.339 e. The van der Waals surface area contributed by atoms with Gasteiger partial charge in [0, 0.05) is 25.0 Å². The number of aromatic nitrogens is 3. The number of nitrogens with zero attached hydrogens (tertiary/aromatic N) is 3. The molecule has 0 aromatic carbocycles. The molecule has 0 saturated carbocycles. The number of hydrogen-bond acceptors (Lipinski definition) is 3. The first-order valence-corrected chi connectivity index (χ1v) is 4.77. The number of aromatic carboxylic acids is 1. The largest absolute Gasteiger partial charge is 0.478 e. The molecule has 0 spiro atoms. The molecule has 5 heteroatoms. The first-order valence-electron chi connectivity index (χ1n) is 4.77. The van der Waals surface area contributed by atoms with Gasteiger partial charge >= 0.3 is 5.97 Å². The van der Waals surface area contributed by atoms with Crippen molar-refractivity contribution in [1.29, 1.82) is 0 Å². The maximum atomic E-state index is 11.0. The highest BCUT2D eigenvalue weighted by Gasteiger charge is 2.16. The summed E-state index contributed by atoms with van der Waals surface area (Å²) >= 11 is 0. The summed E-state index contributed by atoms with van der Waals surface area (Å²) in [4.78, 5) is 15.1. The van der Waals surface area contributed by atoms with Gasteiger partial charge < -0.3 is 5.11 Å². The lowest BCUT2D eigenvalue weighted by atomic mass is 10.1. The zero-order valence-corrected chi connectivity index (χ0v) is 9.01. The van der Waals surface area contributed by atoms with E-state index in [1.54, 1.807) is 24.1 Å². The van der Waals surface area contributed by atoms with Crippen molar-refractivity contribution in [1.82, 2.24) is 14.8 Å². The van der Waals surface area contributed by atoms with E-state index in [-0.39, 0.29) is 5.56 Å². The third-order valence-corrected chi connectivity index (χ3v) is 2.32. The third kappa shape index (κ3) is 1.67. The maximum Gasteiger partial charge on any atom is 0.339 e. The van der Waals surface area contributed by atoms with Gasteiger partial charge in [-0.3, -0.25) is 9.67 Å². The summed E-state index contributed by atoms with van der Waals surface area (Å²) in [7, 11) is 1.71. The van der Waals surface area contributed by atoms with Crippen molar-refractivity contribution in [2.24, 2.45) is 7.05 Å². The monoisotopic (exact) mass is 217 g/mol. The SMILES string of the molecule is Cc1cncc(-c2c(C(=O)O)cnn2C)c1. The molecule has 0 aliphatic rings. The highest BCUT2D eigenvalue weighted by Crippen LogP contribution is 2.22. The Bertz CT molecular complexity index is 546. The average molecular weight is 217 g/mol. The van der Waals surface area contributed by atoms with E-state index in [1.807, 2.05) is 13.0 Å². The Morgan fingerprint density at radius 3 is 2.75 bits per heavy atom. The minimum Gasteiger partial charge on any atom is -0.478 e. The van der Waals surface area contributed by atoms with Crippen LogP contribution in [0.5, 0.6) is 0 Å². The number of aryl methyl sites for hydroxylation is 2. The van der Waals surface area contributed by atoms with E-state index in [0.717, 1.165) is 11.1 Å². The van der Waals surface area contributed by atoms with Crippen molar-refractivity contribution in [3.05, 3.63) is 35.8 Å². The molecule has 5 nitrogen and oxygen atoms in total. The molecule has 0 amide bonds. The van der Waals surface area contributed by atoms with Crippen LogP contribution in [0.15, 0.2) is 24.7 Å². The molecule has 2 heterocycles. The summed E-state index contributed by atoms with van der Waals surface area (Å²) in [6, 6.07) is 1.89. The second-order valence-electron chi connectivity index (χ2n) is 3.59. The molecular weight excluding hydrogens is 206 g/mol. The first kappa shape index (κ1) is 10.4. The molecule has 2 rings (SSSR count). The van der Waals surface area contributed by atoms with Crippen LogP contribution in [0.2, 0.25) is 0 Å². The van der Waals surface area contributed by atoms with E-state index < -0.39 is 5.97 Å². The van der Waals surface area contributed by atoms with Gasteiger partial charge in [-0.05, 0) is 18.6 Å². The van der Waals surface area contributed by atoms with Gasteiger partial charge in [0.1, 0.15) is 5.56 Å². The van der Waals surface area contributed by atoms with E-state index in [0.29, 0.717) is 5.69 Å². The number of hydrogen-bond donors (Lipinski definition) is 1. The minimum absolute atomic E-state index is 0.190. The Labute approximate surface area is 92.4 Å². The Kier molecular flexibility index (Phi) is 2.44. The molecule has 0 radical (unpaired) electrons. The Balaban J connectivity index is 2.63. The third-order valence-electron chi connectivity index (χ3n) is 2.32. The lowest BCUT2D eigenvalue weighted by Crippen LogP contribution is -2.01. The summed E-state index contributed by atoms with van der Waals surface area (Å²) in [5.41, 5.74) is 2.51. The zero-order valence-electron chi connectivity index (χ0n) is 9.01. The summed E-state index contributed by atoms with van der Waals surface area (Å²) in [5.74, 6) is -0.982. The maximum absolute atomic E-state index is 11.0. The van der Waals surface area contributed by atoms with Crippen molar-refractivity contribution in [2.45, 2.75) is 6.92 Å². The van der Waals surface area contributed by atoms with Gasteiger partial charge in [-0.2, -0.15) is 5.10 Å². The molecule has 0 saturated heterocycles. The fourth-order valence-corrected chi connectivity index (χ4v) is 1.62. The summed E-state index contributed by atoms with van der Waals surface area (Å²) in [5, 5.41) is 13.0. The fourth-order valence-electron chi connectivity index (χ4n) is 1.62. The molecule has 16 heavy (non-hydrogen) atoms. The predicted molar refractivity (Wildman–Crippen MR) is 58.1 cm³/mol. The van der Waals surface area contributed by atoms with E-state index in [1.165, 1.54) is 6.20 Å². The predicted octanol–water partition coefficient (Wildman–Crippen LogP) is 1.49. The lowest BCUT2D eigenvalue weighted by Gasteiger charge is -2.04. The molecule has 0 aliphatic carbocycles. The van der Waals surface area contributed by atoms with E-state index >= 15 is 0 Å². The quantitative estimate of drug-likeness (QED) is 0.827. The summed E-state index contributed by atoms with van der Waals surface area (Å²) in [6.45, 7) is 1.91. The van der Waals surface area contributed by atoms with Crippen molar-refractivity contribution in [3.63, 3.8) is 0 Å². The number of carboxylic acids is 1.